The summed E-state index contributed by atoms with van der Waals surface area (Å²) in [4.78, 5) is 26.9. The molecule has 0 aliphatic carbocycles. The van der Waals surface area contributed by atoms with Gasteiger partial charge in [-0.1, -0.05) is 11.6 Å². The number of halogens is 1. The second kappa shape index (κ2) is 6.34. The maximum Gasteiger partial charge on any atom is 0.337 e. The molecule has 4 N–H and O–H groups in total. The third-order valence-electron chi connectivity index (χ3n) is 2.75. The summed E-state index contributed by atoms with van der Waals surface area (Å²) in [6.45, 7) is 0.236. The van der Waals surface area contributed by atoms with Gasteiger partial charge in [-0.15, -0.1) is 0 Å². The number of hydrogen-bond donors (Lipinski definition) is 3. The van der Waals surface area contributed by atoms with Crippen LogP contribution in [0.4, 0.5) is 5.69 Å². The lowest BCUT2D eigenvalue weighted by molar-refractivity contribution is 0.0697. The van der Waals surface area contributed by atoms with Gasteiger partial charge in [-0.25, -0.2) is 4.79 Å². The Balaban J connectivity index is 2.19. The molecule has 0 spiro atoms. The van der Waals surface area contributed by atoms with Crippen LogP contribution in [0.15, 0.2) is 36.5 Å². The van der Waals surface area contributed by atoms with Crippen molar-refractivity contribution in [2.24, 2.45) is 5.73 Å². The van der Waals surface area contributed by atoms with Crippen LogP contribution in [-0.4, -0.2) is 22.0 Å². The molecule has 0 saturated heterocycles. The average Bonchev–Trinajstić information content (AvgIpc) is 2.47. The number of anilines is 1. The van der Waals surface area contributed by atoms with Gasteiger partial charge in [-0.05, 0) is 30.3 Å². The molecule has 6 nitrogen and oxygen atoms in total. The van der Waals surface area contributed by atoms with E-state index in [1.54, 1.807) is 12.1 Å². The highest BCUT2D eigenvalue weighted by atomic mass is 35.5. The number of pyridine rings is 1. The van der Waals surface area contributed by atoms with E-state index in [0.29, 0.717) is 16.9 Å². The van der Waals surface area contributed by atoms with Crippen molar-refractivity contribution in [2.45, 2.75) is 6.54 Å². The van der Waals surface area contributed by atoms with Crippen LogP contribution < -0.4 is 11.1 Å². The molecule has 0 aliphatic rings. The minimum Gasteiger partial charge on any atom is -0.478 e. The van der Waals surface area contributed by atoms with Crippen LogP contribution in [0.1, 0.15) is 26.4 Å². The van der Waals surface area contributed by atoms with Crippen LogP contribution in [-0.2, 0) is 6.54 Å². The van der Waals surface area contributed by atoms with Gasteiger partial charge in [0.15, 0.2) is 0 Å². The van der Waals surface area contributed by atoms with Crippen molar-refractivity contribution in [3.63, 3.8) is 0 Å². The molecular formula is C14H12ClN3O3. The first-order chi connectivity index (χ1) is 10.0. The monoisotopic (exact) mass is 305 g/mol. The number of hydrogen-bond acceptors (Lipinski definition) is 4. The molecule has 108 valence electrons. The molecule has 0 unspecified atom stereocenters. The van der Waals surface area contributed by atoms with Gasteiger partial charge in [-0.2, -0.15) is 0 Å². The summed E-state index contributed by atoms with van der Waals surface area (Å²) in [6.07, 6.45) is 1.50. The van der Waals surface area contributed by atoms with E-state index in [1.165, 1.54) is 24.4 Å². The molecule has 0 aliphatic heterocycles. The van der Waals surface area contributed by atoms with Crippen LogP contribution in [0.3, 0.4) is 0 Å². The Bertz CT molecular complexity index is 704. The Morgan fingerprint density at radius 3 is 2.67 bits per heavy atom. The topological polar surface area (TPSA) is 105 Å². The van der Waals surface area contributed by atoms with Gasteiger partial charge in [0, 0.05) is 24.0 Å². The average molecular weight is 306 g/mol. The molecule has 1 heterocycles. The maximum atomic E-state index is 12.1. The minimum atomic E-state index is -1.13. The number of benzene rings is 1. The van der Waals surface area contributed by atoms with Crippen molar-refractivity contribution in [1.29, 1.82) is 0 Å². The zero-order chi connectivity index (χ0) is 15.4. The van der Waals surface area contributed by atoms with Gasteiger partial charge >= 0.3 is 5.97 Å². The zero-order valence-corrected chi connectivity index (χ0v) is 11.6. The Morgan fingerprint density at radius 2 is 2.05 bits per heavy atom. The van der Waals surface area contributed by atoms with E-state index in [9.17, 15) is 9.59 Å². The second-order valence-electron chi connectivity index (χ2n) is 4.19. The number of aromatic carboxylic acids is 1. The second-order valence-corrected chi connectivity index (χ2v) is 4.60. The standard InChI is InChI=1S/C14H12ClN3O3/c15-12-6-9(1-2-11(12)14(20)21)18-13(19)8-3-4-17-10(5-8)7-16/h1-6H,7,16H2,(H,18,19)(H,20,21). The molecule has 1 amide bonds. The maximum absolute atomic E-state index is 12.1. The lowest BCUT2D eigenvalue weighted by Gasteiger charge is -2.07. The number of nitrogens with zero attached hydrogens (tertiary/aromatic N) is 1. The summed E-state index contributed by atoms with van der Waals surface area (Å²) in [5.74, 6) is -1.48. The molecule has 2 rings (SSSR count). The predicted molar refractivity (Wildman–Crippen MR) is 78.5 cm³/mol. The summed E-state index contributed by atoms with van der Waals surface area (Å²) in [7, 11) is 0. The highest BCUT2D eigenvalue weighted by molar-refractivity contribution is 6.33. The van der Waals surface area contributed by atoms with Crippen LogP contribution >= 0.6 is 11.6 Å². The van der Waals surface area contributed by atoms with Crippen molar-refractivity contribution < 1.29 is 14.7 Å². The van der Waals surface area contributed by atoms with Gasteiger partial charge in [-0.3, -0.25) is 9.78 Å². The number of carbonyl (C=O) groups excluding carboxylic acids is 1. The molecule has 0 saturated carbocycles. The van der Waals surface area contributed by atoms with Crippen molar-refractivity contribution >= 4 is 29.2 Å². The van der Waals surface area contributed by atoms with E-state index >= 15 is 0 Å². The van der Waals surface area contributed by atoms with Crippen LogP contribution in [0.2, 0.25) is 5.02 Å². The van der Waals surface area contributed by atoms with E-state index in [2.05, 4.69) is 10.3 Å². The first kappa shape index (κ1) is 15.0. The number of amides is 1. The zero-order valence-electron chi connectivity index (χ0n) is 10.8. The summed E-state index contributed by atoms with van der Waals surface area (Å²) < 4.78 is 0. The molecule has 7 heteroatoms. The van der Waals surface area contributed by atoms with E-state index in [1.807, 2.05) is 0 Å². The predicted octanol–water partition coefficient (Wildman–Crippen LogP) is 2.14. The van der Waals surface area contributed by atoms with Gasteiger partial charge in [0.1, 0.15) is 0 Å². The first-order valence-electron chi connectivity index (χ1n) is 6.00. The summed E-state index contributed by atoms with van der Waals surface area (Å²) in [6, 6.07) is 7.33. The number of nitrogens with one attached hydrogen (secondary N) is 1. The number of carboxylic acid groups (broad SMARTS) is 1. The van der Waals surface area contributed by atoms with Gasteiger partial charge in [0.2, 0.25) is 0 Å². The molecule has 2 aromatic rings. The van der Waals surface area contributed by atoms with Crippen molar-refractivity contribution in [3.05, 3.63) is 58.4 Å². The molecule has 21 heavy (non-hydrogen) atoms. The van der Waals surface area contributed by atoms with Crippen LogP contribution in [0.5, 0.6) is 0 Å². The molecule has 1 aromatic carbocycles. The lowest BCUT2D eigenvalue weighted by Crippen LogP contribution is -2.13. The minimum absolute atomic E-state index is 0.0241. The number of rotatable bonds is 4. The van der Waals surface area contributed by atoms with Crippen LogP contribution in [0, 0.1) is 0 Å². The third-order valence-corrected chi connectivity index (χ3v) is 3.06. The normalized spacial score (nSPS) is 10.2. The van der Waals surface area contributed by atoms with Gasteiger partial charge in [0.25, 0.3) is 5.91 Å². The lowest BCUT2D eigenvalue weighted by atomic mass is 10.2. The molecular weight excluding hydrogens is 294 g/mol. The Morgan fingerprint density at radius 1 is 1.29 bits per heavy atom. The summed E-state index contributed by atoms with van der Waals surface area (Å²) in [5.41, 5.74) is 6.85. The molecule has 0 atom stereocenters. The smallest absolute Gasteiger partial charge is 0.337 e. The molecule has 0 fully saturated rings. The SMILES string of the molecule is NCc1cc(C(=O)Nc2ccc(C(=O)O)c(Cl)c2)ccn1. The Hall–Kier alpha value is -2.44. The number of carbonyl (C=O) groups is 2. The van der Waals surface area contributed by atoms with E-state index < -0.39 is 5.97 Å². The highest BCUT2D eigenvalue weighted by Gasteiger charge is 2.11. The molecule has 1 aromatic heterocycles. The molecule has 0 radical (unpaired) electrons. The molecule has 0 bridgehead atoms. The van der Waals surface area contributed by atoms with Gasteiger partial charge < -0.3 is 16.2 Å². The fourth-order valence-corrected chi connectivity index (χ4v) is 1.96. The summed E-state index contributed by atoms with van der Waals surface area (Å²) >= 11 is 5.84. The number of carboxylic acids is 1. The van der Waals surface area contributed by atoms with Crippen molar-refractivity contribution in [2.75, 3.05) is 5.32 Å². The Kier molecular flexibility index (Phi) is 4.52. The van der Waals surface area contributed by atoms with Crippen molar-refractivity contribution in [3.8, 4) is 0 Å². The van der Waals surface area contributed by atoms with E-state index in [-0.39, 0.29) is 23.0 Å². The largest absolute Gasteiger partial charge is 0.478 e. The quantitative estimate of drug-likeness (QED) is 0.802. The van der Waals surface area contributed by atoms with E-state index in [4.69, 9.17) is 22.4 Å². The van der Waals surface area contributed by atoms with Crippen molar-refractivity contribution in [1.82, 2.24) is 4.98 Å². The first-order valence-corrected chi connectivity index (χ1v) is 6.38. The number of nitrogens with two attached hydrogens (primary N) is 1. The van der Waals surface area contributed by atoms with Crippen LogP contribution in [0.25, 0.3) is 0 Å². The Labute approximate surface area is 125 Å². The fourth-order valence-electron chi connectivity index (χ4n) is 1.70. The highest BCUT2D eigenvalue weighted by Crippen LogP contribution is 2.21. The van der Waals surface area contributed by atoms with Gasteiger partial charge in [0.05, 0.1) is 16.3 Å². The third kappa shape index (κ3) is 3.56. The van der Waals surface area contributed by atoms with E-state index in [0.717, 1.165) is 0 Å². The summed E-state index contributed by atoms with van der Waals surface area (Å²) in [5, 5.41) is 11.6. The number of aromatic nitrogens is 1. The fraction of sp³-hybridized carbons (Fsp3) is 0.0714.